The highest BCUT2D eigenvalue weighted by Crippen LogP contribution is 2.29. The highest BCUT2D eigenvalue weighted by molar-refractivity contribution is 5.83. The van der Waals surface area contributed by atoms with Crippen LogP contribution in [-0.4, -0.2) is 13.1 Å². The summed E-state index contributed by atoms with van der Waals surface area (Å²) in [4.78, 5) is 0. The van der Waals surface area contributed by atoms with Gasteiger partial charge in [-0.05, 0) is 80.4 Å². The van der Waals surface area contributed by atoms with Gasteiger partial charge in [-0.15, -0.1) is 0 Å². The summed E-state index contributed by atoms with van der Waals surface area (Å²) in [5, 5.41) is 4.79. The van der Waals surface area contributed by atoms with Gasteiger partial charge in [0.05, 0.1) is 6.26 Å². The molecule has 0 radical (unpaired) electrons. The Morgan fingerprint density at radius 3 is 2.68 bits per heavy atom. The van der Waals surface area contributed by atoms with E-state index in [0.29, 0.717) is 0 Å². The van der Waals surface area contributed by atoms with E-state index in [1.54, 1.807) is 5.56 Å². The van der Waals surface area contributed by atoms with E-state index in [1.165, 1.54) is 48.6 Å². The zero-order chi connectivity index (χ0) is 13.1. The summed E-state index contributed by atoms with van der Waals surface area (Å²) in [5.41, 5.74) is 5.48. The molecule has 19 heavy (non-hydrogen) atoms. The first kappa shape index (κ1) is 12.7. The van der Waals surface area contributed by atoms with E-state index in [1.807, 2.05) is 6.26 Å². The SMILES string of the molecule is CCCNCCc1coc2cc3c(cc12)CCCC3. The van der Waals surface area contributed by atoms with Gasteiger partial charge in [-0.2, -0.15) is 0 Å². The molecule has 0 saturated carbocycles. The Labute approximate surface area is 115 Å². The zero-order valence-electron chi connectivity index (χ0n) is 11.8. The normalized spacial score (nSPS) is 14.8. The number of aryl methyl sites for hydroxylation is 2. The molecule has 102 valence electrons. The Bertz CT molecular complexity index is 556. The van der Waals surface area contributed by atoms with Gasteiger partial charge in [0.25, 0.3) is 0 Å². The predicted molar refractivity (Wildman–Crippen MR) is 79.7 cm³/mol. The minimum Gasteiger partial charge on any atom is -0.464 e. The average Bonchev–Trinajstić information content (AvgIpc) is 2.83. The van der Waals surface area contributed by atoms with Crippen LogP contribution in [0.1, 0.15) is 42.9 Å². The van der Waals surface area contributed by atoms with Gasteiger partial charge in [0.15, 0.2) is 0 Å². The maximum atomic E-state index is 5.74. The van der Waals surface area contributed by atoms with Crippen molar-refractivity contribution in [2.24, 2.45) is 0 Å². The molecule has 3 rings (SSSR count). The van der Waals surface area contributed by atoms with E-state index in [2.05, 4.69) is 24.4 Å². The lowest BCUT2D eigenvalue weighted by molar-refractivity contribution is 0.603. The molecule has 0 spiro atoms. The van der Waals surface area contributed by atoms with Gasteiger partial charge in [-0.1, -0.05) is 6.92 Å². The molecule has 1 aromatic carbocycles. The Morgan fingerprint density at radius 2 is 1.89 bits per heavy atom. The molecule has 0 unspecified atom stereocenters. The third-order valence-electron chi connectivity index (χ3n) is 4.12. The summed E-state index contributed by atoms with van der Waals surface area (Å²) in [6.07, 6.45) is 9.33. The van der Waals surface area contributed by atoms with Crippen molar-refractivity contribution in [2.45, 2.75) is 45.4 Å². The molecular weight excluding hydrogens is 234 g/mol. The first-order valence-electron chi connectivity index (χ1n) is 7.61. The van der Waals surface area contributed by atoms with Gasteiger partial charge in [-0.3, -0.25) is 0 Å². The topological polar surface area (TPSA) is 25.2 Å². The molecule has 1 N–H and O–H groups in total. The minimum atomic E-state index is 1.04. The summed E-state index contributed by atoms with van der Waals surface area (Å²) < 4.78 is 5.74. The van der Waals surface area contributed by atoms with Crippen LogP contribution in [0.25, 0.3) is 11.0 Å². The van der Waals surface area contributed by atoms with Crippen molar-refractivity contribution < 1.29 is 4.42 Å². The van der Waals surface area contributed by atoms with Crippen molar-refractivity contribution in [3.05, 3.63) is 35.1 Å². The lowest BCUT2D eigenvalue weighted by Gasteiger charge is -2.15. The van der Waals surface area contributed by atoms with Crippen molar-refractivity contribution >= 4 is 11.0 Å². The van der Waals surface area contributed by atoms with Crippen LogP contribution in [0.4, 0.5) is 0 Å². The number of nitrogens with one attached hydrogen (secondary N) is 1. The molecule has 2 heteroatoms. The van der Waals surface area contributed by atoms with Gasteiger partial charge >= 0.3 is 0 Å². The largest absolute Gasteiger partial charge is 0.464 e. The standard InChI is InChI=1S/C17H23NO/c1-2-8-18-9-7-15-12-19-17-11-14-6-4-3-5-13(14)10-16(15)17/h10-12,18H,2-9H2,1H3. The van der Waals surface area contributed by atoms with Crippen LogP contribution in [0.3, 0.4) is 0 Å². The maximum absolute atomic E-state index is 5.74. The van der Waals surface area contributed by atoms with Crippen LogP contribution in [0.15, 0.2) is 22.8 Å². The van der Waals surface area contributed by atoms with Gasteiger partial charge in [-0.25, -0.2) is 0 Å². The molecular formula is C17H23NO. The Hall–Kier alpha value is -1.28. The van der Waals surface area contributed by atoms with E-state index < -0.39 is 0 Å². The van der Waals surface area contributed by atoms with E-state index in [4.69, 9.17) is 4.42 Å². The number of rotatable bonds is 5. The Balaban J connectivity index is 1.81. The van der Waals surface area contributed by atoms with Crippen molar-refractivity contribution in [1.29, 1.82) is 0 Å². The van der Waals surface area contributed by atoms with Crippen molar-refractivity contribution in [1.82, 2.24) is 5.32 Å². The third-order valence-corrected chi connectivity index (χ3v) is 4.12. The lowest BCUT2D eigenvalue weighted by Crippen LogP contribution is -2.17. The minimum absolute atomic E-state index is 1.04. The van der Waals surface area contributed by atoms with Crippen LogP contribution in [0.5, 0.6) is 0 Å². The highest BCUT2D eigenvalue weighted by atomic mass is 16.3. The fraction of sp³-hybridized carbons (Fsp3) is 0.529. The highest BCUT2D eigenvalue weighted by Gasteiger charge is 2.13. The smallest absolute Gasteiger partial charge is 0.134 e. The molecule has 0 atom stereocenters. The molecule has 0 amide bonds. The summed E-state index contributed by atoms with van der Waals surface area (Å²) in [5.74, 6) is 0. The van der Waals surface area contributed by atoms with Gasteiger partial charge < -0.3 is 9.73 Å². The van der Waals surface area contributed by atoms with E-state index >= 15 is 0 Å². The van der Waals surface area contributed by atoms with Crippen LogP contribution in [0.2, 0.25) is 0 Å². The van der Waals surface area contributed by atoms with Crippen molar-refractivity contribution in [3.63, 3.8) is 0 Å². The van der Waals surface area contributed by atoms with E-state index in [9.17, 15) is 0 Å². The van der Waals surface area contributed by atoms with Crippen LogP contribution < -0.4 is 5.32 Å². The quantitative estimate of drug-likeness (QED) is 0.823. The molecule has 2 nitrogen and oxygen atoms in total. The lowest BCUT2D eigenvalue weighted by atomic mass is 9.90. The average molecular weight is 257 g/mol. The van der Waals surface area contributed by atoms with Gasteiger partial charge in [0, 0.05) is 5.39 Å². The molecule has 1 heterocycles. The van der Waals surface area contributed by atoms with Crippen molar-refractivity contribution in [3.8, 4) is 0 Å². The molecule has 0 aliphatic heterocycles. The van der Waals surface area contributed by atoms with Gasteiger partial charge in [0.1, 0.15) is 5.58 Å². The second-order valence-electron chi connectivity index (χ2n) is 5.59. The Kier molecular flexibility index (Phi) is 3.88. The van der Waals surface area contributed by atoms with E-state index in [-0.39, 0.29) is 0 Å². The summed E-state index contributed by atoms with van der Waals surface area (Å²) >= 11 is 0. The van der Waals surface area contributed by atoms with Crippen LogP contribution in [-0.2, 0) is 19.3 Å². The number of hydrogen-bond donors (Lipinski definition) is 1. The monoisotopic (exact) mass is 257 g/mol. The molecule has 0 saturated heterocycles. The molecule has 1 aliphatic rings. The predicted octanol–water partition coefficient (Wildman–Crippen LogP) is 3.85. The number of hydrogen-bond acceptors (Lipinski definition) is 2. The number of furan rings is 1. The summed E-state index contributed by atoms with van der Waals surface area (Å²) in [6.45, 7) is 4.34. The number of benzene rings is 1. The zero-order valence-corrected chi connectivity index (χ0v) is 11.8. The Morgan fingerprint density at radius 1 is 1.11 bits per heavy atom. The second kappa shape index (κ2) is 5.79. The maximum Gasteiger partial charge on any atom is 0.134 e. The van der Waals surface area contributed by atoms with Crippen molar-refractivity contribution in [2.75, 3.05) is 13.1 Å². The molecule has 2 aromatic rings. The fourth-order valence-corrected chi connectivity index (χ4v) is 3.03. The third kappa shape index (κ3) is 2.69. The molecule has 1 aliphatic carbocycles. The first-order valence-corrected chi connectivity index (χ1v) is 7.61. The molecule has 1 aromatic heterocycles. The van der Waals surface area contributed by atoms with Crippen LogP contribution in [0, 0.1) is 0 Å². The summed E-state index contributed by atoms with van der Waals surface area (Å²) in [6, 6.07) is 4.65. The van der Waals surface area contributed by atoms with Crippen LogP contribution >= 0.6 is 0 Å². The summed E-state index contributed by atoms with van der Waals surface area (Å²) in [7, 11) is 0. The second-order valence-corrected chi connectivity index (χ2v) is 5.59. The van der Waals surface area contributed by atoms with Gasteiger partial charge in [0.2, 0.25) is 0 Å². The first-order chi connectivity index (χ1) is 9.38. The number of fused-ring (bicyclic) bond motifs is 2. The molecule has 0 fully saturated rings. The molecule has 0 bridgehead atoms. The fourth-order valence-electron chi connectivity index (χ4n) is 3.03. The van der Waals surface area contributed by atoms with E-state index in [0.717, 1.165) is 25.1 Å².